The number of hydrogen-bond donors (Lipinski definition) is 1. The first-order chi connectivity index (χ1) is 18.2. The second-order valence-corrected chi connectivity index (χ2v) is 9.41. The fourth-order valence-electron chi connectivity index (χ4n) is 3.58. The Morgan fingerprint density at radius 2 is 1.84 bits per heavy atom. The second kappa shape index (κ2) is 11.9. The van der Waals surface area contributed by atoms with E-state index in [0.717, 1.165) is 16.7 Å². The van der Waals surface area contributed by atoms with Gasteiger partial charge in [0.25, 0.3) is 11.1 Å². The molecule has 11 nitrogen and oxygen atoms in total. The molecule has 2 aliphatic heterocycles. The Bertz CT molecular complexity index is 1290. The topological polar surface area (TPSA) is 130 Å². The van der Waals surface area contributed by atoms with Crippen LogP contribution >= 0.6 is 11.8 Å². The highest BCUT2D eigenvalue weighted by Crippen LogP contribution is 2.35. The predicted molar refractivity (Wildman–Crippen MR) is 138 cm³/mol. The van der Waals surface area contributed by atoms with Gasteiger partial charge in [-0.05, 0) is 61.5 Å². The number of imide groups is 1. The molecule has 0 atom stereocenters. The van der Waals surface area contributed by atoms with Crippen molar-refractivity contribution in [2.45, 2.75) is 20.0 Å². The van der Waals surface area contributed by atoms with E-state index in [9.17, 15) is 19.2 Å². The molecule has 2 aliphatic rings. The van der Waals surface area contributed by atoms with Crippen molar-refractivity contribution in [2.24, 2.45) is 0 Å². The van der Waals surface area contributed by atoms with Crippen LogP contribution in [0.4, 0.5) is 10.5 Å². The summed E-state index contributed by atoms with van der Waals surface area (Å²) in [6, 6.07) is 9.77. The molecule has 0 unspecified atom stereocenters. The smallest absolute Gasteiger partial charge is 0.344 e. The number of nitrogens with one attached hydrogen (secondary N) is 1. The average Bonchev–Trinajstić information content (AvgIpc) is 3.14. The van der Waals surface area contributed by atoms with Gasteiger partial charge in [0.1, 0.15) is 19.8 Å². The van der Waals surface area contributed by atoms with E-state index in [1.165, 1.54) is 13.2 Å². The molecule has 0 spiro atoms. The van der Waals surface area contributed by atoms with Gasteiger partial charge in [0.2, 0.25) is 5.91 Å². The zero-order valence-electron chi connectivity index (χ0n) is 21.0. The number of fused-ring (bicyclic) bond motifs is 1. The largest absolute Gasteiger partial charge is 0.493 e. The fraction of sp³-hybridized carbons (Fsp3) is 0.308. The third-order valence-corrected chi connectivity index (χ3v) is 6.11. The highest BCUT2D eigenvalue weighted by Gasteiger charge is 2.36. The summed E-state index contributed by atoms with van der Waals surface area (Å²) in [5, 5.41) is 2.10. The summed E-state index contributed by atoms with van der Waals surface area (Å²) in [7, 11) is 1.44. The summed E-state index contributed by atoms with van der Waals surface area (Å²) in [5.41, 5.74) is 1.01. The van der Waals surface area contributed by atoms with Gasteiger partial charge in [0.05, 0.1) is 18.1 Å². The molecule has 12 heteroatoms. The van der Waals surface area contributed by atoms with Crippen molar-refractivity contribution in [1.82, 2.24) is 4.90 Å². The Balaban J connectivity index is 1.39. The molecule has 38 heavy (non-hydrogen) atoms. The fourth-order valence-corrected chi connectivity index (χ4v) is 4.42. The lowest BCUT2D eigenvalue weighted by Gasteiger charge is -2.19. The van der Waals surface area contributed by atoms with Crippen molar-refractivity contribution in [2.75, 3.05) is 38.8 Å². The molecule has 0 aliphatic carbocycles. The maximum Gasteiger partial charge on any atom is 0.344 e. The number of hydrogen-bond acceptors (Lipinski definition) is 10. The number of anilines is 1. The zero-order chi connectivity index (χ0) is 27.2. The van der Waals surface area contributed by atoms with Crippen LogP contribution in [0.5, 0.6) is 23.0 Å². The van der Waals surface area contributed by atoms with Crippen molar-refractivity contribution in [3.8, 4) is 23.0 Å². The van der Waals surface area contributed by atoms with Crippen LogP contribution < -0.4 is 24.3 Å². The standard InChI is InChI=1S/C26H26N2O9S/c1-15(2)37-24(30)14-36-18-6-4-16(10-20(18)33-3)11-22-25(31)28(26(32)38-22)13-23(29)27-17-5-7-19-21(12-17)35-9-8-34-19/h4-7,10-12,15H,8-9,13-14H2,1-3H3,(H,27,29)/b22-11-. The van der Waals surface area contributed by atoms with Gasteiger partial charge in [-0.15, -0.1) is 0 Å². The minimum Gasteiger partial charge on any atom is -0.493 e. The molecule has 200 valence electrons. The number of esters is 1. The summed E-state index contributed by atoms with van der Waals surface area (Å²) < 4.78 is 26.8. The van der Waals surface area contributed by atoms with E-state index in [2.05, 4.69) is 5.32 Å². The van der Waals surface area contributed by atoms with Crippen molar-refractivity contribution in [3.63, 3.8) is 0 Å². The van der Waals surface area contributed by atoms with Crippen molar-refractivity contribution < 1.29 is 42.9 Å². The van der Waals surface area contributed by atoms with E-state index < -0.39 is 29.6 Å². The normalized spacial score (nSPS) is 15.6. The van der Waals surface area contributed by atoms with Crippen LogP contribution in [0.2, 0.25) is 0 Å². The van der Waals surface area contributed by atoms with E-state index in [4.69, 9.17) is 23.7 Å². The summed E-state index contributed by atoms with van der Waals surface area (Å²) >= 11 is 0.730. The third-order valence-electron chi connectivity index (χ3n) is 5.20. The molecular formula is C26H26N2O9S. The van der Waals surface area contributed by atoms with Gasteiger partial charge in [-0.1, -0.05) is 6.07 Å². The number of carbonyl (C=O) groups excluding carboxylic acids is 4. The highest BCUT2D eigenvalue weighted by atomic mass is 32.2. The second-order valence-electron chi connectivity index (χ2n) is 8.41. The summed E-state index contributed by atoms with van der Waals surface area (Å²) in [5.74, 6) is 0.0827. The molecular weight excluding hydrogens is 516 g/mol. The highest BCUT2D eigenvalue weighted by molar-refractivity contribution is 8.18. The van der Waals surface area contributed by atoms with Crippen LogP contribution in [-0.4, -0.2) is 67.5 Å². The van der Waals surface area contributed by atoms with Gasteiger partial charge in [-0.25, -0.2) is 4.79 Å². The number of benzene rings is 2. The van der Waals surface area contributed by atoms with Gasteiger partial charge in [-0.3, -0.25) is 19.3 Å². The van der Waals surface area contributed by atoms with Crippen LogP contribution in [0.25, 0.3) is 6.08 Å². The molecule has 2 aromatic carbocycles. The van der Waals surface area contributed by atoms with Gasteiger partial charge >= 0.3 is 5.97 Å². The molecule has 2 aromatic rings. The maximum atomic E-state index is 12.9. The summed E-state index contributed by atoms with van der Waals surface area (Å²) in [4.78, 5) is 50.7. The van der Waals surface area contributed by atoms with Gasteiger partial charge in [-0.2, -0.15) is 0 Å². The monoisotopic (exact) mass is 542 g/mol. The summed E-state index contributed by atoms with van der Waals surface area (Å²) in [6.45, 7) is 3.59. The minimum atomic E-state index is -0.590. The number of thioether (sulfide) groups is 1. The SMILES string of the molecule is COc1cc(/C=C2\SC(=O)N(CC(=O)Nc3ccc4c(c3)OCCO4)C2=O)ccc1OCC(=O)OC(C)C. The molecule has 2 heterocycles. The first-order valence-electron chi connectivity index (χ1n) is 11.7. The van der Waals surface area contributed by atoms with Crippen LogP contribution in [0, 0.1) is 0 Å². The van der Waals surface area contributed by atoms with Crippen LogP contribution in [0.15, 0.2) is 41.3 Å². The van der Waals surface area contributed by atoms with Crippen molar-refractivity contribution >= 4 is 46.5 Å². The van der Waals surface area contributed by atoms with Gasteiger partial charge < -0.3 is 29.0 Å². The molecule has 1 fully saturated rings. The molecule has 1 N–H and O–H groups in total. The Morgan fingerprint density at radius 3 is 2.58 bits per heavy atom. The van der Waals surface area contributed by atoms with E-state index in [0.29, 0.717) is 47.5 Å². The number of amides is 3. The van der Waals surface area contributed by atoms with E-state index in [-0.39, 0.29) is 17.6 Å². The third kappa shape index (κ3) is 6.57. The van der Waals surface area contributed by atoms with E-state index in [1.54, 1.807) is 50.2 Å². The first-order valence-corrected chi connectivity index (χ1v) is 12.5. The number of nitrogens with zero attached hydrogens (tertiary/aromatic N) is 1. The van der Waals surface area contributed by atoms with Crippen LogP contribution in [0.3, 0.4) is 0 Å². The average molecular weight is 543 g/mol. The lowest BCUT2D eigenvalue weighted by molar-refractivity contribution is -0.149. The first kappa shape index (κ1) is 26.9. The quantitative estimate of drug-likeness (QED) is 0.371. The lowest BCUT2D eigenvalue weighted by atomic mass is 10.2. The van der Waals surface area contributed by atoms with E-state index >= 15 is 0 Å². The number of rotatable bonds is 9. The molecule has 0 radical (unpaired) electrons. The summed E-state index contributed by atoms with van der Waals surface area (Å²) in [6.07, 6.45) is 1.26. The Hall–Kier alpha value is -4.19. The predicted octanol–water partition coefficient (Wildman–Crippen LogP) is 3.47. The minimum absolute atomic E-state index is 0.151. The van der Waals surface area contributed by atoms with Crippen molar-refractivity contribution in [1.29, 1.82) is 0 Å². The molecule has 0 saturated carbocycles. The van der Waals surface area contributed by atoms with Crippen LogP contribution in [0.1, 0.15) is 19.4 Å². The molecule has 4 rings (SSSR count). The maximum absolute atomic E-state index is 12.9. The Kier molecular flexibility index (Phi) is 8.41. The van der Waals surface area contributed by atoms with Crippen LogP contribution in [-0.2, 0) is 19.1 Å². The number of ether oxygens (including phenoxy) is 5. The molecule has 3 amide bonds. The molecule has 1 saturated heterocycles. The number of carbonyl (C=O) groups is 4. The molecule has 0 aromatic heterocycles. The Labute approximate surface area is 223 Å². The lowest BCUT2D eigenvalue weighted by Crippen LogP contribution is -2.36. The zero-order valence-corrected chi connectivity index (χ0v) is 21.8. The molecule has 0 bridgehead atoms. The Morgan fingerprint density at radius 1 is 1.08 bits per heavy atom. The van der Waals surface area contributed by atoms with E-state index in [1.807, 2.05) is 0 Å². The van der Waals surface area contributed by atoms with Gasteiger partial charge in [0, 0.05) is 11.8 Å². The van der Waals surface area contributed by atoms with Crippen molar-refractivity contribution in [3.05, 3.63) is 46.9 Å². The van der Waals surface area contributed by atoms with Gasteiger partial charge in [0.15, 0.2) is 29.6 Å². The number of methoxy groups -OCH3 is 1.